The standard InChI is InChI=1S/C18H19N3O3S/c1-3-11-6-5-7-13-12(9-20(16(11)13)10-15(19)22)8-14-17(23)21(4-2)18(24)25-14/h5-9H,3-4,10H2,1-2H3,(H2,19,22)/b14-8-. The summed E-state index contributed by atoms with van der Waals surface area (Å²) in [4.78, 5) is 37.3. The van der Waals surface area contributed by atoms with Crippen LogP contribution in [0.3, 0.4) is 0 Å². The summed E-state index contributed by atoms with van der Waals surface area (Å²) in [5.41, 5.74) is 8.20. The minimum Gasteiger partial charge on any atom is -0.368 e. The number of hydrogen-bond acceptors (Lipinski definition) is 4. The van der Waals surface area contributed by atoms with Crippen molar-refractivity contribution in [1.82, 2.24) is 9.47 Å². The molecule has 0 spiro atoms. The smallest absolute Gasteiger partial charge is 0.293 e. The number of fused-ring (bicyclic) bond motifs is 1. The Morgan fingerprint density at radius 2 is 2.04 bits per heavy atom. The largest absolute Gasteiger partial charge is 0.368 e. The first-order valence-corrected chi connectivity index (χ1v) is 8.92. The molecule has 3 amide bonds. The Morgan fingerprint density at radius 3 is 2.64 bits per heavy atom. The number of amides is 3. The van der Waals surface area contributed by atoms with Crippen molar-refractivity contribution < 1.29 is 14.4 Å². The van der Waals surface area contributed by atoms with Crippen LogP contribution >= 0.6 is 11.8 Å². The highest BCUT2D eigenvalue weighted by molar-refractivity contribution is 8.18. The van der Waals surface area contributed by atoms with Crippen molar-refractivity contribution in [3.05, 3.63) is 40.4 Å². The number of nitrogens with zero attached hydrogens (tertiary/aromatic N) is 2. The van der Waals surface area contributed by atoms with E-state index in [1.54, 1.807) is 13.0 Å². The molecule has 1 aliphatic heterocycles. The van der Waals surface area contributed by atoms with Crippen LogP contribution in [0.25, 0.3) is 17.0 Å². The first kappa shape index (κ1) is 17.3. The average Bonchev–Trinajstić information content (AvgIpc) is 3.05. The molecule has 0 radical (unpaired) electrons. The molecule has 1 aromatic carbocycles. The highest BCUT2D eigenvalue weighted by Crippen LogP contribution is 2.34. The summed E-state index contributed by atoms with van der Waals surface area (Å²) in [5.74, 6) is -0.708. The van der Waals surface area contributed by atoms with Gasteiger partial charge in [-0.3, -0.25) is 19.3 Å². The van der Waals surface area contributed by atoms with Gasteiger partial charge in [0.25, 0.3) is 11.1 Å². The lowest BCUT2D eigenvalue weighted by atomic mass is 10.1. The van der Waals surface area contributed by atoms with Crippen LogP contribution in [0.4, 0.5) is 4.79 Å². The molecule has 1 aromatic heterocycles. The van der Waals surface area contributed by atoms with Crippen molar-refractivity contribution in [2.45, 2.75) is 26.8 Å². The summed E-state index contributed by atoms with van der Waals surface area (Å²) in [6, 6.07) is 5.90. The molecule has 2 heterocycles. The first-order valence-electron chi connectivity index (χ1n) is 8.10. The number of imide groups is 1. The second-order valence-corrected chi connectivity index (χ2v) is 6.76. The van der Waals surface area contributed by atoms with Crippen LogP contribution in [0.2, 0.25) is 0 Å². The van der Waals surface area contributed by atoms with Gasteiger partial charge in [-0.05, 0) is 36.7 Å². The quantitative estimate of drug-likeness (QED) is 0.834. The molecule has 1 aliphatic rings. The molecule has 7 heteroatoms. The van der Waals surface area contributed by atoms with Crippen LogP contribution in [0.5, 0.6) is 0 Å². The van der Waals surface area contributed by atoms with Crippen LogP contribution < -0.4 is 5.73 Å². The van der Waals surface area contributed by atoms with Crippen molar-refractivity contribution in [1.29, 1.82) is 0 Å². The van der Waals surface area contributed by atoms with Gasteiger partial charge in [0.2, 0.25) is 5.91 Å². The van der Waals surface area contributed by atoms with Crippen LogP contribution in [-0.2, 0) is 22.6 Å². The monoisotopic (exact) mass is 357 g/mol. The van der Waals surface area contributed by atoms with Gasteiger partial charge in [-0.2, -0.15) is 0 Å². The molecule has 25 heavy (non-hydrogen) atoms. The predicted octanol–water partition coefficient (Wildman–Crippen LogP) is 2.75. The van der Waals surface area contributed by atoms with E-state index in [1.165, 1.54) is 4.90 Å². The lowest BCUT2D eigenvalue weighted by Crippen LogP contribution is -2.27. The normalized spacial score (nSPS) is 16.4. The maximum atomic E-state index is 12.3. The fourth-order valence-electron chi connectivity index (χ4n) is 3.07. The number of benzene rings is 1. The van der Waals surface area contributed by atoms with Crippen LogP contribution in [0.1, 0.15) is 25.0 Å². The molecule has 0 unspecified atom stereocenters. The summed E-state index contributed by atoms with van der Waals surface area (Å²) in [6.45, 7) is 4.23. The molecule has 6 nitrogen and oxygen atoms in total. The van der Waals surface area contributed by atoms with Crippen LogP contribution in [-0.4, -0.2) is 33.1 Å². The Bertz CT molecular complexity index is 914. The van der Waals surface area contributed by atoms with Crippen molar-refractivity contribution in [2.75, 3.05) is 6.54 Å². The molecule has 0 aliphatic carbocycles. The third-order valence-corrected chi connectivity index (χ3v) is 5.10. The molecule has 0 bridgehead atoms. The van der Waals surface area contributed by atoms with E-state index in [9.17, 15) is 14.4 Å². The molecule has 2 N–H and O–H groups in total. The number of nitrogens with two attached hydrogens (primary N) is 1. The Kier molecular flexibility index (Phi) is 4.67. The molecule has 130 valence electrons. The lowest BCUT2D eigenvalue weighted by Gasteiger charge is -2.06. The third kappa shape index (κ3) is 3.07. The van der Waals surface area contributed by atoms with Crippen LogP contribution in [0, 0.1) is 0 Å². The van der Waals surface area contributed by atoms with Crippen molar-refractivity contribution >= 4 is 45.8 Å². The van der Waals surface area contributed by atoms with Gasteiger partial charge >= 0.3 is 0 Å². The van der Waals surface area contributed by atoms with Crippen molar-refractivity contribution in [3.63, 3.8) is 0 Å². The maximum absolute atomic E-state index is 12.3. The summed E-state index contributed by atoms with van der Waals surface area (Å²) < 4.78 is 1.81. The first-order chi connectivity index (χ1) is 12.0. The summed E-state index contributed by atoms with van der Waals surface area (Å²) in [6.07, 6.45) is 4.35. The zero-order valence-corrected chi connectivity index (χ0v) is 14.9. The minimum atomic E-state index is -0.430. The minimum absolute atomic E-state index is 0.0673. The zero-order valence-electron chi connectivity index (χ0n) is 14.1. The Hall–Kier alpha value is -2.54. The second kappa shape index (κ2) is 6.76. The van der Waals surface area contributed by atoms with E-state index >= 15 is 0 Å². The van der Waals surface area contributed by atoms with E-state index < -0.39 is 5.91 Å². The molecule has 1 saturated heterocycles. The van der Waals surface area contributed by atoms with E-state index in [1.807, 2.05) is 35.9 Å². The molecule has 1 fully saturated rings. The zero-order chi connectivity index (χ0) is 18.1. The Labute approximate surface area is 149 Å². The van der Waals surface area contributed by atoms with Crippen LogP contribution in [0.15, 0.2) is 29.3 Å². The lowest BCUT2D eigenvalue weighted by molar-refractivity contribution is -0.122. The van der Waals surface area contributed by atoms with Gasteiger partial charge in [0, 0.05) is 23.7 Å². The van der Waals surface area contributed by atoms with Gasteiger partial charge in [0.15, 0.2) is 0 Å². The highest BCUT2D eigenvalue weighted by Gasteiger charge is 2.33. The average molecular weight is 357 g/mol. The topological polar surface area (TPSA) is 85.4 Å². The van der Waals surface area contributed by atoms with E-state index in [0.29, 0.717) is 11.4 Å². The fourth-order valence-corrected chi connectivity index (χ4v) is 3.97. The molecule has 3 rings (SSSR count). The summed E-state index contributed by atoms with van der Waals surface area (Å²) >= 11 is 0.941. The van der Waals surface area contributed by atoms with E-state index in [4.69, 9.17) is 5.73 Å². The van der Waals surface area contributed by atoms with Gasteiger partial charge in [-0.25, -0.2) is 0 Å². The third-order valence-electron chi connectivity index (χ3n) is 4.20. The van der Waals surface area contributed by atoms with Gasteiger partial charge in [0.1, 0.15) is 6.54 Å². The highest BCUT2D eigenvalue weighted by atomic mass is 32.2. The molecular weight excluding hydrogens is 338 g/mol. The van der Waals surface area contributed by atoms with E-state index in [2.05, 4.69) is 0 Å². The number of hydrogen-bond donors (Lipinski definition) is 1. The predicted molar refractivity (Wildman–Crippen MR) is 98.9 cm³/mol. The van der Waals surface area contributed by atoms with Crippen molar-refractivity contribution in [2.24, 2.45) is 5.73 Å². The number of aryl methyl sites for hydroxylation is 1. The number of carbonyl (C=O) groups excluding carboxylic acids is 3. The number of primary amides is 1. The number of aromatic nitrogens is 1. The Balaban J connectivity index is 2.14. The summed E-state index contributed by atoms with van der Waals surface area (Å²) in [7, 11) is 0. The summed E-state index contributed by atoms with van der Waals surface area (Å²) in [5, 5.41) is 0.678. The van der Waals surface area contributed by atoms with Gasteiger partial charge in [-0.15, -0.1) is 0 Å². The maximum Gasteiger partial charge on any atom is 0.293 e. The van der Waals surface area contributed by atoms with E-state index in [0.717, 1.165) is 40.2 Å². The fraction of sp³-hybridized carbons (Fsp3) is 0.278. The number of likely N-dealkylation sites (N-methyl/N-ethyl adjacent to an activating group) is 1. The molecule has 0 atom stereocenters. The number of para-hydroxylation sites is 1. The molecule has 2 aromatic rings. The number of thioether (sulfide) groups is 1. The van der Waals surface area contributed by atoms with E-state index in [-0.39, 0.29) is 17.7 Å². The molecular formula is C18H19N3O3S. The number of rotatable bonds is 5. The SMILES string of the molecule is CCc1cccc2c(/C=C3\SC(=O)N(CC)C3=O)cn(CC(N)=O)c12. The number of carbonyl (C=O) groups is 3. The van der Waals surface area contributed by atoms with Gasteiger partial charge in [0.05, 0.1) is 10.4 Å². The van der Waals surface area contributed by atoms with Gasteiger partial charge in [-0.1, -0.05) is 25.1 Å². The second-order valence-electron chi connectivity index (χ2n) is 5.77. The molecule has 0 saturated carbocycles. The van der Waals surface area contributed by atoms with Crippen molar-refractivity contribution in [3.8, 4) is 0 Å². The van der Waals surface area contributed by atoms with Gasteiger partial charge < -0.3 is 10.3 Å². The Morgan fingerprint density at radius 1 is 1.28 bits per heavy atom.